The average molecular weight is 337 g/mol. The van der Waals surface area contributed by atoms with Gasteiger partial charge in [0.25, 0.3) is 0 Å². The van der Waals surface area contributed by atoms with E-state index in [-0.39, 0.29) is 12.5 Å². The predicted octanol–water partition coefficient (Wildman–Crippen LogP) is 2.66. The molecular weight excluding hydrogens is 321 g/mol. The second-order valence-electron chi connectivity index (χ2n) is 3.63. The number of benzene rings is 1. The Hall–Kier alpha value is -0.620. The van der Waals surface area contributed by atoms with Gasteiger partial charge in [-0.15, -0.1) is 11.6 Å². The molecule has 0 aromatic heterocycles. The molecule has 1 aromatic rings. The number of hydrogen-bond acceptors (Lipinski definition) is 3. The molecule has 0 unspecified atom stereocenters. The zero-order chi connectivity index (χ0) is 13.5. The van der Waals surface area contributed by atoms with Crippen molar-refractivity contribution in [2.45, 2.75) is 11.5 Å². The van der Waals surface area contributed by atoms with Crippen LogP contribution in [0.25, 0.3) is 0 Å². The van der Waals surface area contributed by atoms with Crippen molar-refractivity contribution in [3.63, 3.8) is 0 Å². The van der Waals surface area contributed by atoms with Gasteiger partial charge in [-0.3, -0.25) is 4.79 Å². The number of nitrogens with one attached hydrogen (secondary N) is 1. The molecule has 0 heterocycles. The molecule has 0 fully saturated rings. The van der Waals surface area contributed by atoms with Crippen molar-refractivity contribution in [1.82, 2.24) is 0 Å². The summed E-state index contributed by atoms with van der Waals surface area (Å²) >= 11 is 9.35. The number of carbonyl (C=O) groups is 1. The van der Waals surface area contributed by atoms with Gasteiger partial charge in [-0.2, -0.15) is 0 Å². The van der Waals surface area contributed by atoms with E-state index >= 15 is 0 Å². The summed E-state index contributed by atoms with van der Waals surface area (Å²) in [5.41, 5.74) is 0.682. The third-order valence-corrected chi connectivity index (χ3v) is 3.33. The van der Waals surface area contributed by atoms with Gasteiger partial charge in [0.05, 0.1) is 6.61 Å². The number of anilines is 1. The van der Waals surface area contributed by atoms with Gasteiger partial charge in [0.2, 0.25) is 5.91 Å². The predicted molar refractivity (Wildman–Crippen MR) is 75.1 cm³/mol. The standard InChI is InChI=1S/C12H15BrClNO3/c1-17-7-10(18-2)11(14)12(16)15-9-5-3-8(13)4-6-9/h3-6,10-11H,7H2,1-2H3,(H,15,16)/t10-,11+/m0/s1. The number of methoxy groups -OCH3 is 2. The van der Waals surface area contributed by atoms with Crippen molar-refractivity contribution in [3.8, 4) is 0 Å². The van der Waals surface area contributed by atoms with E-state index in [4.69, 9.17) is 21.1 Å². The highest BCUT2D eigenvalue weighted by molar-refractivity contribution is 9.10. The van der Waals surface area contributed by atoms with E-state index in [2.05, 4.69) is 21.2 Å². The molecule has 100 valence electrons. The smallest absolute Gasteiger partial charge is 0.245 e. The van der Waals surface area contributed by atoms with E-state index in [0.29, 0.717) is 5.69 Å². The van der Waals surface area contributed by atoms with Gasteiger partial charge in [-0.25, -0.2) is 0 Å². The third-order valence-electron chi connectivity index (χ3n) is 2.32. The Morgan fingerprint density at radius 1 is 1.39 bits per heavy atom. The number of carbonyl (C=O) groups excluding carboxylic acids is 1. The van der Waals surface area contributed by atoms with Crippen LogP contribution in [-0.2, 0) is 14.3 Å². The Kier molecular flexibility index (Phi) is 6.63. The van der Waals surface area contributed by atoms with Crippen LogP contribution >= 0.6 is 27.5 Å². The molecule has 0 spiro atoms. The monoisotopic (exact) mass is 335 g/mol. The van der Waals surface area contributed by atoms with E-state index in [0.717, 1.165) is 4.47 Å². The van der Waals surface area contributed by atoms with E-state index in [1.165, 1.54) is 14.2 Å². The highest BCUT2D eigenvalue weighted by atomic mass is 79.9. The number of ether oxygens (including phenoxy) is 2. The zero-order valence-electron chi connectivity index (χ0n) is 10.2. The Bertz CT molecular complexity index is 385. The summed E-state index contributed by atoms with van der Waals surface area (Å²) in [6.45, 7) is 0.262. The number of alkyl halides is 1. The average Bonchev–Trinajstić information content (AvgIpc) is 2.37. The fourth-order valence-electron chi connectivity index (χ4n) is 1.35. The first-order chi connectivity index (χ1) is 8.58. The van der Waals surface area contributed by atoms with Crippen molar-refractivity contribution in [2.75, 3.05) is 26.1 Å². The lowest BCUT2D eigenvalue weighted by Gasteiger charge is -2.19. The first kappa shape index (κ1) is 15.4. The summed E-state index contributed by atoms with van der Waals surface area (Å²) < 4.78 is 11.0. The molecule has 1 N–H and O–H groups in total. The molecular formula is C12H15BrClNO3. The van der Waals surface area contributed by atoms with Crippen molar-refractivity contribution < 1.29 is 14.3 Å². The molecule has 1 aromatic carbocycles. The minimum atomic E-state index is -0.807. The van der Waals surface area contributed by atoms with Gasteiger partial charge in [-0.05, 0) is 24.3 Å². The first-order valence-electron chi connectivity index (χ1n) is 5.30. The Labute approximate surface area is 120 Å². The van der Waals surface area contributed by atoms with Crippen LogP contribution in [-0.4, -0.2) is 38.2 Å². The lowest BCUT2D eigenvalue weighted by atomic mass is 10.2. The van der Waals surface area contributed by atoms with Gasteiger partial charge < -0.3 is 14.8 Å². The number of rotatable bonds is 6. The Morgan fingerprint density at radius 2 is 2.00 bits per heavy atom. The summed E-state index contributed by atoms with van der Waals surface area (Å²) in [6.07, 6.45) is -0.480. The lowest BCUT2D eigenvalue weighted by Crippen LogP contribution is -2.37. The summed E-state index contributed by atoms with van der Waals surface area (Å²) in [5.74, 6) is -0.317. The van der Waals surface area contributed by atoms with Gasteiger partial charge in [-0.1, -0.05) is 15.9 Å². The molecule has 0 bridgehead atoms. The molecule has 6 heteroatoms. The largest absolute Gasteiger partial charge is 0.382 e. The maximum atomic E-state index is 11.9. The van der Waals surface area contributed by atoms with E-state index in [1.807, 2.05) is 12.1 Å². The molecule has 0 radical (unpaired) electrons. The molecule has 0 aliphatic rings. The van der Waals surface area contributed by atoms with E-state index in [9.17, 15) is 4.79 Å². The fourth-order valence-corrected chi connectivity index (χ4v) is 1.84. The van der Waals surface area contributed by atoms with Crippen molar-refractivity contribution in [2.24, 2.45) is 0 Å². The summed E-state index contributed by atoms with van der Waals surface area (Å²) in [6, 6.07) is 7.23. The summed E-state index contributed by atoms with van der Waals surface area (Å²) in [4.78, 5) is 11.9. The van der Waals surface area contributed by atoms with Crippen LogP contribution in [0, 0.1) is 0 Å². The highest BCUT2D eigenvalue weighted by Crippen LogP contribution is 2.16. The quantitative estimate of drug-likeness (QED) is 0.813. The van der Waals surface area contributed by atoms with Gasteiger partial charge in [0.1, 0.15) is 11.5 Å². The first-order valence-corrected chi connectivity index (χ1v) is 6.53. The maximum Gasteiger partial charge on any atom is 0.245 e. The molecule has 4 nitrogen and oxygen atoms in total. The Morgan fingerprint density at radius 3 is 2.50 bits per heavy atom. The highest BCUT2D eigenvalue weighted by Gasteiger charge is 2.26. The van der Waals surface area contributed by atoms with Gasteiger partial charge in [0, 0.05) is 24.4 Å². The number of hydrogen-bond donors (Lipinski definition) is 1. The third kappa shape index (κ3) is 4.57. The second-order valence-corrected chi connectivity index (χ2v) is 5.01. The van der Waals surface area contributed by atoms with Crippen LogP contribution in [0.2, 0.25) is 0 Å². The molecule has 1 rings (SSSR count). The van der Waals surface area contributed by atoms with Crippen LogP contribution in [0.1, 0.15) is 0 Å². The van der Waals surface area contributed by atoms with E-state index < -0.39 is 11.5 Å². The molecule has 0 aliphatic carbocycles. The van der Waals surface area contributed by atoms with Crippen molar-refractivity contribution in [3.05, 3.63) is 28.7 Å². The number of amides is 1. The second kappa shape index (κ2) is 7.74. The van der Waals surface area contributed by atoms with Gasteiger partial charge in [0.15, 0.2) is 0 Å². The minimum Gasteiger partial charge on any atom is -0.382 e. The molecule has 0 saturated carbocycles. The van der Waals surface area contributed by atoms with Crippen LogP contribution < -0.4 is 5.32 Å². The maximum absolute atomic E-state index is 11.9. The van der Waals surface area contributed by atoms with Crippen LogP contribution in [0.5, 0.6) is 0 Å². The topological polar surface area (TPSA) is 47.6 Å². The molecule has 1 amide bonds. The minimum absolute atomic E-state index is 0.262. The lowest BCUT2D eigenvalue weighted by molar-refractivity contribution is -0.119. The van der Waals surface area contributed by atoms with Crippen LogP contribution in [0.15, 0.2) is 28.7 Å². The van der Waals surface area contributed by atoms with Gasteiger partial charge >= 0.3 is 0 Å². The molecule has 18 heavy (non-hydrogen) atoms. The van der Waals surface area contributed by atoms with Crippen molar-refractivity contribution >= 4 is 39.1 Å². The summed E-state index contributed by atoms with van der Waals surface area (Å²) in [5, 5.41) is 1.91. The van der Waals surface area contributed by atoms with Crippen molar-refractivity contribution in [1.29, 1.82) is 0 Å². The Balaban J connectivity index is 2.61. The number of halogens is 2. The molecule has 0 aliphatic heterocycles. The SMILES string of the molecule is COC[C@H](OC)[C@@H](Cl)C(=O)Nc1ccc(Br)cc1. The molecule has 2 atom stereocenters. The molecule has 0 saturated heterocycles. The van der Waals surface area contributed by atoms with E-state index in [1.54, 1.807) is 12.1 Å². The van der Waals surface area contributed by atoms with Crippen LogP contribution in [0.4, 0.5) is 5.69 Å². The summed E-state index contributed by atoms with van der Waals surface area (Å²) in [7, 11) is 3.02. The van der Waals surface area contributed by atoms with Crippen LogP contribution in [0.3, 0.4) is 0 Å². The zero-order valence-corrected chi connectivity index (χ0v) is 12.5. The normalized spacial score (nSPS) is 14.0. The fraction of sp³-hybridized carbons (Fsp3) is 0.417.